The molecule has 1 aliphatic rings. The maximum absolute atomic E-state index is 14.1. The number of hydrogen-bond acceptors (Lipinski definition) is 10. The number of carbonyl (C=O) groups excluding carboxylic acids is 6. The molecule has 1 aromatic heterocycles. The fraction of sp³-hybridized carbons (Fsp3) is 0.600. The van der Waals surface area contributed by atoms with E-state index in [1.807, 2.05) is 71.9 Å². The number of hydrogen-bond donors (Lipinski definition) is 5. The minimum atomic E-state index is -1.06. The molecule has 0 radical (unpaired) electrons. The van der Waals surface area contributed by atoms with Gasteiger partial charge in [-0.05, 0) is 29.7 Å². The number of thiazole rings is 1. The molecule has 3 rings (SSSR count). The van der Waals surface area contributed by atoms with Gasteiger partial charge >= 0.3 is 5.97 Å². The number of amides is 5. The fourth-order valence-electron chi connectivity index (χ4n) is 6.26. The first-order chi connectivity index (χ1) is 26.1. The Morgan fingerprint density at radius 3 is 2.16 bits per heavy atom. The maximum atomic E-state index is 14.1. The van der Waals surface area contributed by atoms with Crippen molar-refractivity contribution in [1.29, 1.82) is 0 Å². The van der Waals surface area contributed by atoms with E-state index in [-0.39, 0.29) is 30.0 Å². The molecule has 308 valence electrons. The molecular weight excluding hydrogens is 737 g/mol. The number of likely N-dealkylation sites (tertiary alicyclic amines) is 1. The predicted molar refractivity (Wildman–Crippen MR) is 215 cm³/mol. The summed E-state index contributed by atoms with van der Waals surface area (Å²) in [5.74, 6) is -3.45. The van der Waals surface area contributed by atoms with E-state index in [1.54, 1.807) is 37.2 Å². The molecule has 0 bridgehead atoms. The van der Waals surface area contributed by atoms with Crippen LogP contribution in [0.2, 0.25) is 0 Å². The maximum Gasteiger partial charge on any atom is 0.308 e. The molecular formula is C40H60N8O7S. The highest BCUT2D eigenvalue weighted by Crippen LogP contribution is 2.26. The summed E-state index contributed by atoms with van der Waals surface area (Å²) in [6, 6.07) is 4.94. The van der Waals surface area contributed by atoms with Crippen LogP contribution in [0.15, 0.2) is 46.9 Å². The smallest absolute Gasteiger partial charge is 0.308 e. The molecule has 56 heavy (non-hydrogen) atoms. The van der Waals surface area contributed by atoms with E-state index < -0.39 is 77.2 Å². The summed E-state index contributed by atoms with van der Waals surface area (Å²) < 4.78 is 4.84. The number of rotatable bonds is 16. The zero-order valence-electron chi connectivity index (χ0n) is 34.3. The Morgan fingerprint density at radius 2 is 1.61 bits per heavy atom. The third kappa shape index (κ3) is 12.6. The van der Waals surface area contributed by atoms with Crippen molar-refractivity contribution in [2.75, 3.05) is 20.2 Å². The van der Waals surface area contributed by atoms with E-state index in [9.17, 15) is 28.8 Å². The summed E-state index contributed by atoms with van der Waals surface area (Å²) in [6.07, 6.45) is 2.55. The molecule has 2 aromatic rings. The van der Waals surface area contributed by atoms with E-state index in [0.717, 1.165) is 5.56 Å². The van der Waals surface area contributed by atoms with E-state index >= 15 is 0 Å². The lowest BCUT2D eigenvalue weighted by Gasteiger charge is -2.35. The van der Waals surface area contributed by atoms with Crippen molar-refractivity contribution in [2.24, 2.45) is 27.5 Å². The van der Waals surface area contributed by atoms with Crippen LogP contribution in [-0.4, -0.2) is 95.6 Å². The summed E-state index contributed by atoms with van der Waals surface area (Å²) in [5, 5.41) is 13.7. The molecule has 6 atom stereocenters. The van der Waals surface area contributed by atoms with Crippen molar-refractivity contribution in [1.82, 2.24) is 31.2 Å². The number of ether oxygens (including phenoxy) is 1. The Hall–Kier alpha value is -4.86. The van der Waals surface area contributed by atoms with E-state index in [2.05, 4.69) is 31.2 Å². The molecule has 16 heteroatoms. The lowest BCUT2D eigenvalue weighted by atomic mass is 9.84. The second-order valence-electron chi connectivity index (χ2n) is 16.6. The molecule has 1 fully saturated rings. The number of carbonyl (C=O) groups is 6. The molecule has 5 amide bonds. The van der Waals surface area contributed by atoms with Gasteiger partial charge in [-0.15, -0.1) is 11.3 Å². The summed E-state index contributed by atoms with van der Waals surface area (Å²) in [7, 11) is 1.26. The largest absolute Gasteiger partial charge is 0.469 e. The van der Waals surface area contributed by atoms with Crippen LogP contribution in [0.25, 0.3) is 0 Å². The number of aliphatic imine (C=N–C) groups is 1. The quantitative estimate of drug-likeness (QED) is 0.0957. The monoisotopic (exact) mass is 796 g/mol. The van der Waals surface area contributed by atoms with Crippen LogP contribution >= 0.6 is 11.3 Å². The average Bonchev–Trinajstić information content (AvgIpc) is 3.86. The highest BCUT2D eigenvalue weighted by Gasteiger charge is 2.41. The van der Waals surface area contributed by atoms with Crippen LogP contribution in [0.5, 0.6) is 0 Å². The van der Waals surface area contributed by atoms with Gasteiger partial charge in [-0.1, -0.05) is 92.6 Å². The number of nitrogens with two attached hydrogens (primary N) is 1. The number of nitrogens with zero attached hydrogens (tertiary/aromatic N) is 3. The van der Waals surface area contributed by atoms with Crippen LogP contribution in [0.3, 0.4) is 0 Å². The van der Waals surface area contributed by atoms with Crippen molar-refractivity contribution in [2.45, 2.75) is 118 Å². The summed E-state index contributed by atoms with van der Waals surface area (Å²) in [6.45, 7) is 16.2. The van der Waals surface area contributed by atoms with Gasteiger partial charge in [-0.2, -0.15) is 0 Å². The Balaban J connectivity index is 1.78. The van der Waals surface area contributed by atoms with Crippen LogP contribution in [0.1, 0.15) is 104 Å². The Kier molecular flexibility index (Phi) is 16.1. The van der Waals surface area contributed by atoms with Crippen LogP contribution in [0, 0.1) is 16.7 Å². The standard InChI is InChI=1S/C40H60N8O7S/c1-23(2)30(46-35(52)32(39(4,5)6)47-38(54)40(7,8)9)37(53)48-19-14-17-27(48)33(41)43-22-28(49)45-31(24(3)25-15-12-11-13-16-25)34(51)44-26(21-29(50)55-10)36-42-18-20-56-36/h11-13,15-16,18,20,23-24,26-27,30-32H,14,17,19,21-22H2,1-10H3,(H2,41,43)(H,44,51)(H,45,49)(H,46,52)(H,47,54). The number of benzene rings is 1. The first kappa shape index (κ1) is 45.5. The molecule has 6 N–H and O–H groups in total. The van der Waals surface area contributed by atoms with E-state index in [4.69, 9.17) is 10.5 Å². The molecule has 0 saturated carbocycles. The Bertz CT molecular complexity index is 1700. The van der Waals surface area contributed by atoms with Crippen molar-refractivity contribution < 1.29 is 33.5 Å². The summed E-state index contributed by atoms with van der Waals surface area (Å²) in [5.41, 5.74) is 5.90. The SMILES string of the molecule is COC(=O)CC(NC(=O)C(NC(=O)CN=C(N)C1CCCN1C(=O)C(NC(=O)C(NC(=O)C(C)(C)C)C(C)(C)C)C(C)C)C(C)c1ccccc1)c1nccs1. The Morgan fingerprint density at radius 1 is 0.946 bits per heavy atom. The van der Waals surface area contributed by atoms with Crippen LogP contribution in [-0.2, 0) is 33.5 Å². The molecule has 15 nitrogen and oxygen atoms in total. The van der Waals surface area contributed by atoms with Crippen molar-refractivity contribution >= 4 is 52.7 Å². The van der Waals surface area contributed by atoms with Crippen LogP contribution in [0.4, 0.5) is 0 Å². The van der Waals surface area contributed by atoms with Gasteiger partial charge in [0.1, 0.15) is 35.5 Å². The van der Waals surface area contributed by atoms with Gasteiger partial charge in [0.15, 0.2) is 0 Å². The van der Waals surface area contributed by atoms with Crippen LogP contribution < -0.4 is 27.0 Å². The first-order valence-electron chi connectivity index (χ1n) is 19.0. The predicted octanol–water partition coefficient (Wildman–Crippen LogP) is 3.22. The fourth-order valence-corrected chi connectivity index (χ4v) is 6.95. The number of aromatic nitrogens is 1. The molecule has 1 aliphatic heterocycles. The van der Waals surface area contributed by atoms with Crippen molar-refractivity contribution in [3.8, 4) is 0 Å². The van der Waals surface area contributed by atoms with Gasteiger partial charge in [-0.25, -0.2) is 4.98 Å². The van der Waals surface area contributed by atoms with Gasteiger partial charge in [0.2, 0.25) is 29.5 Å². The molecule has 1 saturated heterocycles. The average molecular weight is 797 g/mol. The zero-order chi connectivity index (χ0) is 42.0. The lowest BCUT2D eigenvalue weighted by Crippen LogP contribution is -2.61. The van der Waals surface area contributed by atoms with Crippen molar-refractivity contribution in [3.05, 3.63) is 52.5 Å². The zero-order valence-corrected chi connectivity index (χ0v) is 35.1. The number of amidine groups is 1. The minimum absolute atomic E-state index is 0.0730. The van der Waals surface area contributed by atoms with Gasteiger partial charge in [0.05, 0.1) is 25.6 Å². The summed E-state index contributed by atoms with van der Waals surface area (Å²) >= 11 is 1.28. The second-order valence-corrected chi connectivity index (χ2v) is 17.6. The highest BCUT2D eigenvalue weighted by molar-refractivity contribution is 7.09. The molecule has 1 aromatic carbocycles. The highest BCUT2D eigenvalue weighted by atomic mass is 32.1. The topological polar surface area (TPSA) is 214 Å². The molecule has 6 unspecified atom stereocenters. The lowest BCUT2D eigenvalue weighted by molar-refractivity contribution is -0.141. The molecule has 2 heterocycles. The van der Waals surface area contributed by atoms with Gasteiger partial charge < -0.3 is 36.6 Å². The van der Waals surface area contributed by atoms with Gasteiger partial charge in [0.25, 0.3) is 0 Å². The molecule has 0 spiro atoms. The summed E-state index contributed by atoms with van der Waals surface area (Å²) in [4.78, 5) is 90.4. The second kappa shape index (κ2) is 19.8. The minimum Gasteiger partial charge on any atom is -0.469 e. The van der Waals surface area contributed by atoms with E-state index in [1.165, 1.54) is 18.4 Å². The number of esters is 1. The van der Waals surface area contributed by atoms with Gasteiger partial charge in [-0.3, -0.25) is 33.8 Å². The third-order valence-electron chi connectivity index (χ3n) is 9.69. The van der Waals surface area contributed by atoms with E-state index in [0.29, 0.717) is 24.4 Å². The Labute approximate surface area is 334 Å². The number of nitrogens with one attached hydrogen (secondary N) is 4. The van der Waals surface area contributed by atoms with Crippen molar-refractivity contribution in [3.63, 3.8) is 0 Å². The normalized spacial score (nSPS) is 17.6. The first-order valence-corrected chi connectivity index (χ1v) is 19.9. The number of methoxy groups -OCH3 is 1. The molecule has 0 aliphatic carbocycles. The van der Waals surface area contributed by atoms with Gasteiger partial charge in [0, 0.05) is 29.5 Å². The third-order valence-corrected chi connectivity index (χ3v) is 10.6.